The number of hydrogen-bond donors (Lipinski definition) is 5. The van der Waals surface area contributed by atoms with Gasteiger partial charge in [-0.05, 0) is 92.1 Å². The quantitative estimate of drug-likeness (QED) is 0.270. The van der Waals surface area contributed by atoms with Crippen molar-refractivity contribution in [2.75, 3.05) is 12.8 Å². The van der Waals surface area contributed by atoms with Crippen LogP contribution in [0.25, 0.3) is 0 Å². The fraction of sp³-hybridized carbons (Fsp3) is 0.778. The number of aliphatic hydroxyl groups excluding tert-OH is 1. The third-order valence-electron chi connectivity index (χ3n) is 10.8. The molecule has 11 heteroatoms. The Morgan fingerprint density at radius 3 is 2.53 bits per heavy atom. The van der Waals surface area contributed by atoms with Crippen LogP contribution in [-0.2, 0) is 14.1 Å². The predicted molar refractivity (Wildman–Crippen MR) is 137 cm³/mol. The molecule has 1 spiro atoms. The molecular weight excluding hydrogens is 513 g/mol. The number of fused-ring (bicyclic) bond motifs is 3. The zero-order valence-electron chi connectivity index (χ0n) is 22.0. The number of carboxylic acids is 1. The fourth-order valence-electron chi connectivity index (χ4n) is 9.05. The highest BCUT2D eigenvalue weighted by Crippen LogP contribution is 2.77. The van der Waals surface area contributed by atoms with Crippen molar-refractivity contribution >= 4 is 13.6 Å². The van der Waals surface area contributed by atoms with Crippen LogP contribution in [0.3, 0.4) is 0 Å². The molecule has 38 heavy (non-hydrogen) atoms. The molecule has 1 saturated heterocycles. The summed E-state index contributed by atoms with van der Waals surface area (Å²) in [5, 5.41) is 20.3. The SMILES string of the molecule is C[C@]12CC[C@H](O)C[C@H]1CC[C@@H]1[C@@H]2CC[C@]2(C)[C@@H](c3ccc(=O)oc3)C[C@H]3O[C@]132.O=C(O)CNCP(=O)(O)O. The maximum absolute atomic E-state index is 11.4. The van der Waals surface area contributed by atoms with Gasteiger partial charge in [-0.3, -0.25) is 14.7 Å². The van der Waals surface area contributed by atoms with Crippen molar-refractivity contribution in [3.8, 4) is 0 Å². The molecule has 5 fully saturated rings. The highest BCUT2D eigenvalue weighted by molar-refractivity contribution is 7.51. The maximum atomic E-state index is 11.4. The monoisotopic (exact) mass is 553 g/mol. The van der Waals surface area contributed by atoms with Crippen molar-refractivity contribution in [1.29, 1.82) is 0 Å². The molecule has 1 aromatic heterocycles. The summed E-state index contributed by atoms with van der Waals surface area (Å²) in [5.41, 5.74) is 1.44. The van der Waals surface area contributed by atoms with Crippen molar-refractivity contribution < 1.29 is 38.5 Å². The number of aliphatic hydroxyl groups is 1. The largest absolute Gasteiger partial charge is 0.480 e. The number of ether oxygens (including phenoxy) is 1. The van der Waals surface area contributed by atoms with Gasteiger partial charge in [0.1, 0.15) is 5.60 Å². The van der Waals surface area contributed by atoms with Crippen molar-refractivity contribution in [2.24, 2.45) is 28.6 Å². The van der Waals surface area contributed by atoms with Gasteiger partial charge in [0.15, 0.2) is 0 Å². The number of rotatable bonds is 5. The number of nitrogens with one attached hydrogen (secondary N) is 1. The molecule has 5 aliphatic rings. The van der Waals surface area contributed by atoms with Crippen LogP contribution in [0.15, 0.2) is 27.6 Å². The zero-order valence-corrected chi connectivity index (χ0v) is 22.9. The highest BCUT2D eigenvalue weighted by Gasteiger charge is 2.80. The molecule has 212 valence electrons. The Kier molecular flexibility index (Phi) is 7.24. The summed E-state index contributed by atoms with van der Waals surface area (Å²) in [5.74, 6) is 1.33. The van der Waals surface area contributed by atoms with E-state index in [4.69, 9.17) is 24.0 Å². The van der Waals surface area contributed by atoms with Crippen molar-refractivity contribution in [2.45, 2.75) is 88.9 Å². The lowest BCUT2D eigenvalue weighted by Crippen LogP contribution is -2.58. The number of carboxylic acid groups (broad SMARTS) is 1. The fourth-order valence-corrected chi connectivity index (χ4v) is 9.45. The van der Waals surface area contributed by atoms with E-state index in [-0.39, 0.29) is 22.7 Å². The molecule has 0 bridgehead atoms. The summed E-state index contributed by atoms with van der Waals surface area (Å²) in [4.78, 5) is 37.6. The number of carbonyl (C=O) groups is 1. The first kappa shape index (κ1) is 28.0. The van der Waals surface area contributed by atoms with E-state index in [9.17, 15) is 19.3 Å². The first-order chi connectivity index (χ1) is 17.8. The lowest BCUT2D eigenvalue weighted by molar-refractivity contribution is -0.139. The average molecular weight is 554 g/mol. The first-order valence-corrected chi connectivity index (χ1v) is 15.5. The van der Waals surface area contributed by atoms with E-state index in [2.05, 4.69) is 19.2 Å². The van der Waals surface area contributed by atoms with Crippen LogP contribution in [0.4, 0.5) is 0 Å². The Labute approximate surface area is 222 Å². The topological polar surface area (TPSA) is 170 Å². The minimum absolute atomic E-state index is 0.0285. The molecule has 4 aliphatic carbocycles. The van der Waals surface area contributed by atoms with Crippen LogP contribution in [-0.4, -0.2) is 56.6 Å². The summed E-state index contributed by atoms with van der Waals surface area (Å²) < 4.78 is 21.9. The third-order valence-corrected chi connectivity index (χ3v) is 11.4. The maximum Gasteiger partial charge on any atom is 0.339 e. The Balaban J connectivity index is 0.000000253. The predicted octanol–water partition coefficient (Wildman–Crippen LogP) is 3.05. The smallest absolute Gasteiger partial charge is 0.339 e. The minimum atomic E-state index is -4.10. The average Bonchev–Trinajstić information content (AvgIpc) is 3.49. The Bertz CT molecular complexity index is 1150. The molecule has 10 nitrogen and oxygen atoms in total. The summed E-state index contributed by atoms with van der Waals surface area (Å²) in [7, 11) is -4.10. The molecule has 1 aromatic rings. The van der Waals surface area contributed by atoms with E-state index < -0.39 is 26.4 Å². The summed E-state index contributed by atoms with van der Waals surface area (Å²) in [6, 6.07) is 3.55. The van der Waals surface area contributed by atoms with Gasteiger partial charge in [0, 0.05) is 11.5 Å². The lowest BCUT2D eigenvalue weighted by Gasteiger charge is -2.61. The molecule has 6 rings (SSSR count). The van der Waals surface area contributed by atoms with E-state index in [1.54, 1.807) is 12.3 Å². The molecule has 5 N–H and O–H groups in total. The normalized spacial score (nSPS) is 43.0. The van der Waals surface area contributed by atoms with Gasteiger partial charge in [0.2, 0.25) is 0 Å². The molecular formula is C27H40NO9P. The second-order valence-corrected chi connectivity index (χ2v) is 14.2. The second-order valence-electron chi connectivity index (χ2n) is 12.6. The summed E-state index contributed by atoms with van der Waals surface area (Å²) in [6.07, 6.45) is 10.5. The van der Waals surface area contributed by atoms with Gasteiger partial charge in [0.05, 0.1) is 31.3 Å². The Morgan fingerprint density at radius 1 is 1.11 bits per heavy atom. The zero-order chi connectivity index (χ0) is 27.5. The molecule has 2 heterocycles. The minimum Gasteiger partial charge on any atom is -0.480 e. The highest BCUT2D eigenvalue weighted by atomic mass is 31.2. The van der Waals surface area contributed by atoms with Crippen LogP contribution >= 0.6 is 7.60 Å². The summed E-state index contributed by atoms with van der Waals surface area (Å²) >= 11 is 0. The van der Waals surface area contributed by atoms with Crippen molar-refractivity contribution in [1.82, 2.24) is 5.32 Å². The van der Waals surface area contributed by atoms with Crippen LogP contribution < -0.4 is 10.9 Å². The standard InChI is InChI=1S/C24H32O4.C3H8NO5P/c1-22-9-7-16(25)11-15(22)4-5-18-17(22)8-10-23(2)19(12-20-24(18,23)28-20)14-3-6-21(26)27-13-14;5-3(6)1-4-2-10(7,8)9/h3,6,13,15-20,25H,4-5,7-12H2,1-2H3;4H,1-2H2,(H,5,6)(H2,7,8,9)/t15-,16+,17+,18-,19-,20-,22+,23-,24-;/m1./s1. The van der Waals surface area contributed by atoms with E-state index in [1.165, 1.54) is 37.7 Å². The molecule has 9 atom stereocenters. The molecule has 1 aliphatic heterocycles. The second kappa shape index (κ2) is 9.82. The van der Waals surface area contributed by atoms with Crippen LogP contribution in [0.2, 0.25) is 0 Å². The van der Waals surface area contributed by atoms with Gasteiger partial charge in [-0.15, -0.1) is 0 Å². The molecule has 0 aromatic carbocycles. The first-order valence-electron chi connectivity index (χ1n) is 13.7. The molecule has 0 radical (unpaired) electrons. The van der Waals surface area contributed by atoms with Gasteiger partial charge in [0.25, 0.3) is 0 Å². The van der Waals surface area contributed by atoms with E-state index >= 15 is 0 Å². The van der Waals surface area contributed by atoms with Gasteiger partial charge in [-0.1, -0.05) is 13.8 Å². The van der Waals surface area contributed by atoms with Gasteiger partial charge in [-0.2, -0.15) is 0 Å². The lowest BCUT2D eigenvalue weighted by atomic mass is 9.44. The molecule has 4 saturated carbocycles. The number of aliphatic carboxylic acids is 1. The van der Waals surface area contributed by atoms with E-state index in [1.807, 2.05) is 6.07 Å². The van der Waals surface area contributed by atoms with Gasteiger partial charge >= 0.3 is 19.2 Å². The van der Waals surface area contributed by atoms with Gasteiger partial charge < -0.3 is 29.2 Å². The van der Waals surface area contributed by atoms with Crippen LogP contribution in [0, 0.1) is 28.6 Å². The van der Waals surface area contributed by atoms with Crippen molar-refractivity contribution in [3.05, 3.63) is 34.4 Å². The van der Waals surface area contributed by atoms with Crippen LogP contribution in [0.1, 0.15) is 76.7 Å². The Hall–Kier alpha value is -1.55. The van der Waals surface area contributed by atoms with Crippen LogP contribution in [0.5, 0.6) is 0 Å². The summed E-state index contributed by atoms with van der Waals surface area (Å²) in [6.45, 7) is 4.53. The van der Waals surface area contributed by atoms with E-state index in [0.29, 0.717) is 29.3 Å². The molecule has 0 unspecified atom stereocenters. The van der Waals surface area contributed by atoms with Crippen molar-refractivity contribution in [3.63, 3.8) is 0 Å². The van der Waals surface area contributed by atoms with E-state index in [0.717, 1.165) is 25.2 Å². The van der Waals surface area contributed by atoms with Gasteiger partial charge in [-0.25, -0.2) is 4.79 Å². The Morgan fingerprint density at radius 2 is 1.87 bits per heavy atom. The number of hydrogen-bond acceptors (Lipinski definition) is 7. The third kappa shape index (κ3) is 4.71. The number of epoxide rings is 1. The molecule has 0 amide bonds.